The van der Waals surface area contributed by atoms with E-state index in [-0.39, 0.29) is 12.4 Å². The number of carbonyl (C=O) groups is 1. The zero-order valence-corrected chi connectivity index (χ0v) is 12.9. The standard InChI is InChI=1S/C18H20O3/c1-12-5-8-17(18(9-12)20-4)21-11-16(19)15-7-6-13(2)14(3)10-15/h5-10H,11H2,1-4H3. The van der Waals surface area contributed by atoms with Crippen LogP contribution in [0.15, 0.2) is 36.4 Å². The molecule has 2 aromatic carbocycles. The number of ether oxygens (including phenoxy) is 2. The monoisotopic (exact) mass is 284 g/mol. The smallest absolute Gasteiger partial charge is 0.200 e. The van der Waals surface area contributed by atoms with Gasteiger partial charge < -0.3 is 9.47 Å². The van der Waals surface area contributed by atoms with Gasteiger partial charge in [-0.15, -0.1) is 0 Å². The van der Waals surface area contributed by atoms with Crippen LogP contribution >= 0.6 is 0 Å². The first-order chi connectivity index (χ1) is 10.0. The highest BCUT2D eigenvalue weighted by Crippen LogP contribution is 2.27. The lowest BCUT2D eigenvalue weighted by Gasteiger charge is -2.11. The number of ketones is 1. The van der Waals surface area contributed by atoms with Gasteiger partial charge in [0.15, 0.2) is 23.9 Å². The Balaban J connectivity index is 2.09. The van der Waals surface area contributed by atoms with Crippen LogP contribution in [0.5, 0.6) is 11.5 Å². The summed E-state index contributed by atoms with van der Waals surface area (Å²) in [5.41, 5.74) is 4.03. The minimum Gasteiger partial charge on any atom is -0.493 e. The van der Waals surface area contributed by atoms with E-state index in [0.717, 1.165) is 11.1 Å². The zero-order valence-electron chi connectivity index (χ0n) is 12.9. The van der Waals surface area contributed by atoms with Crippen molar-refractivity contribution < 1.29 is 14.3 Å². The molecule has 0 aliphatic carbocycles. The van der Waals surface area contributed by atoms with Crippen molar-refractivity contribution in [2.24, 2.45) is 0 Å². The second kappa shape index (κ2) is 6.44. The van der Waals surface area contributed by atoms with E-state index in [2.05, 4.69) is 0 Å². The third-order valence-corrected chi connectivity index (χ3v) is 3.51. The fourth-order valence-electron chi connectivity index (χ4n) is 2.04. The van der Waals surface area contributed by atoms with Crippen LogP contribution in [0.2, 0.25) is 0 Å². The van der Waals surface area contributed by atoms with Crippen molar-refractivity contribution in [1.29, 1.82) is 0 Å². The van der Waals surface area contributed by atoms with Crippen molar-refractivity contribution in [1.82, 2.24) is 0 Å². The summed E-state index contributed by atoms with van der Waals surface area (Å²) in [5, 5.41) is 0. The minimum atomic E-state index is -0.0410. The SMILES string of the molecule is COc1cc(C)ccc1OCC(=O)c1ccc(C)c(C)c1. The van der Waals surface area contributed by atoms with Gasteiger partial charge in [0.25, 0.3) is 0 Å². The van der Waals surface area contributed by atoms with Crippen molar-refractivity contribution in [3.63, 3.8) is 0 Å². The molecule has 0 N–H and O–H groups in total. The summed E-state index contributed by atoms with van der Waals surface area (Å²) in [7, 11) is 1.59. The molecule has 0 bridgehead atoms. The quantitative estimate of drug-likeness (QED) is 0.782. The summed E-state index contributed by atoms with van der Waals surface area (Å²) < 4.78 is 10.9. The molecule has 0 fully saturated rings. The molecular weight excluding hydrogens is 264 g/mol. The van der Waals surface area contributed by atoms with Gasteiger partial charge in [-0.1, -0.05) is 18.2 Å². The van der Waals surface area contributed by atoms with Crippen LogP contribution in [-0.4, -0.2) is 19.5 Å². The van der Waals surface area contributed by atoms with Gasteiger partial charge in [0.05, 0.1) is 7.11 Å². The van der Waals surface area contributed by atoms with Gasteiger partial charge in [0.1, 0.15) is 0 Å². The van der Waals surface area contributed by atoms with Gasteiger partial charge in [-0.25, -0.2) is 0 Å². The molecule has 3 nitrogen and oxygen atoms in total. The van der Waals surface area contributed by atoms with E-state index in [1.165, 1.54) is 5.56 Å². The van der Waals surface area contributed by atoms with Crippen molar-refractivity contribution in [3.05, 3.63) is 58.7 Å². The van der Waals surface area contributed by atoms with E-state index < -0.39 is 0 Å². The highest BCUT2D eigenvalue weighted by molar-refractivity contribution is 5.97. The molecule has 0 heterocycles. The van der Waals surface area contributed by atoms with Crippen molar-refractivity contribution in [3.8, 4) is 11.5 Å². The first-order valence-corrected chi connectivity index (χ1v) is 6.89. The average Bonchev–Trinajstić information content (AvgIpc) is 2.48. The molecule has 21 heavy (non-hydrogen) atoms. The highest BCUT2D eigenvalue weighted by Gasteiger charge is 2.10. The molecule has 110 valence electrons. The third-order valence-electron chi connectivity index (χ3n) is 3.51. The number of hydrogen-bond donors (Lipinski definition) is 0. The number of methoxy groups -OCH3 is 1. The minimum absolute atomic E-state index is 0.00191. The van der Waals surface area contributed by atoms with Crippen LogP contribution in [0.25, 0.3) is 0 Å². The summed E-state index contributed by atoms with van der Waals surface area (Å²) in [5.74, 6) is 1.18. The molecule has 0 atom stereocenters. The van der Waals surface area contributed by atoms with Crippen LogP contribution in [0.3, 0.4) is 0 Å². The third kappa shape index (κ3) is 3.63. The number of carbonyl (C=O) groups excluding carboxylic acids is 1. The maximum atomic E-state index is 12.2. The van der Waals surface area contributed by atoms with Crippen LogP contribution < -0.4 is 9.47 Å². The Morgan fingerprint density at radius 3 is 2.38 bits per heavy atom. The van der Waals surface area contributed by atoms with E-state index in [9.17, 15) is 4.79 Å². The van der Waals surface area contributed by atoms with E-state index in [4.69, 9.17) is 9.47 Å². The number of benzene rings is 2. The summed E-state index contributed by atoms with van der Waals surface area (Å²) in [6.07, 6.45) is 0. The maximum absolute atomic E-state index is 12.2. The van der Waals surface area contributed by atoms with Gasteiger partial charge in [-0.2, -0.15) is 0 Å². The molecular formula is C18H20O3. The van der Waals surface area contributed by atoms with Crippen LogP contribution in [-0.2, 0) is 0 Å². The molecule has 0 spiro atoms. The Bertz CT molecular complexity index is 660. The van der Waals surface area contributed by atoms with Crippen molar-refractivity contribution in [2.75, 3.05) is 13.7 Å². The molecule has 0 aliphatic heterocycles. The second-order valence-electron chi connectivity index (χ2n) is 5.17. The topological polar surface area (TPSA) is 35.5 Å². The number of aryl methyl sites for hydroxylation is 3. The van der Waals surface area contributed by atoms with Gasteiger partial charge in [0.2, 0.25) is 0 Å². The Kier molecular flexibility index (Phi) is 4.63. The molecule has 0 amide bonds. The molecule has 2 aromatic rings. The van der Waals surface area contributed by atoms with E-state index >= 15 is 0 Å². The highest BCUT2D eigenvalue weighted by atomic mass is 16.5. The van der Waals surface area contributed by atoms with E-state index in [1.807, 2.05) is 57.2 Å². The fraction of sp³-hybridized carbons (Fsp3) is 0.278. The first kappa shape index (κ1) is 15.1. The Morgan fingerprint density at radius 2 is 1.71 bits per heavy atom. The predicted octanol–water partition coefficient (Wildman–Crippen LogP) is 3.88. The van der Waals surface area contributed by atoms with Crippen LogP contribution in [0.4, 0.5) is 0 Å². The van der Waals surface area contributed by atoms with Gasteiger partial charge in [-0.05, 0) is 55.7 Å². The first-order valence-electron chi connectivity index (χ1n) is 6.89. The molecule has 0 saturated carbocycles. The Hall–Kier alpha value is -2.29. The van der Waals surface area contributed by atoms with Gasteiger partial charge >= 0.3 is 0 Å². The predicted molar refractivity (Wildman–Crippen MR) is 83.5 cm³/mol. The maximum Gasteiger partial charge on any atom is 0.200 e. The normalized spacial score (nSPS) is 10.3. The molecule has 0 aliphatic rings. The van der Waals surface area contributed by atoms with Crippen molar-refractivity contribution in [2.45, 2.75) is 20.8 Å². The van der Waals surface area contributed by atoms with Gasteiger partial charge in [0, 0.05) is 5.56 Å². The number of rotatable bonds is 5. The molecule has 0 radical (unpaired) electrons. The van der Waals surface area contributed by atoms with Crippen molar-refractivity contribution >= 4 is 5.78 Å². The summed E-state index contributed by atoms with van der Waals surface area (Å²) in [6, 6.07) is 11.3. The van der Waals surface area contributed by atoms with E-state index in [0.29, 0.717) is 17.1 Å². The molecule has 0 saturated heterocycles. The van der Waals surface area contributed by atoms with E-state index in [1.54, 1.807) is 7.11 Å². The number of Topliss-reactive ketones (excluding diaryl/α,β-unsaturated/α-hetero) is 1. The fourth-order valence-corrected chi connectivity index (χ4v) is 2.04. The molecule has 0 aromatic heterocycles. The second-order valence-corrected chi connectivity index (χ2v) is 5.17. The molecule has 0 unspecified atom stereocenters. The zero-order chi connectivity index (χ0) is 15.4. The average molecular weight is 284 g/mol. The largest absolute Gasteiger partial charge is 0.493 e. The summed E-state index contributed by atoms with van der Waals surface area (Å²) in [6.45, 7) is 6.00. The summed E-state index contributed by atoms with van der Waals surface area (Å²) >= 11 is 0. The summed E-state index contributed by atoms with van der Waals surface area (Å²) in [4.78, 5) is 12.2. The Labute approximate surface area is 125 Å². The lowest BCUT2D eigenvalue weighted by Crippen LogP contribution is -2.12. The lowest BCUT2D eigenvalue weighted by atomic mass is 10.0. The molecule has 2 rings (SSSR count). The van der Waals surface area contributed by atoms with Crippen LogP contribution in [0, 0.1) is 20.8 Å². The Morgan fingerprint density at radius 1 is 0.952 bits per heavy atom. The lowest BCUT2D eigenvalue weighted by molar-refractivity contribution is 0.0919. The molecule has 3 heteroatoms. The van der Waals surface area contributed by atoms with Gasteiger partial charge in [-0.3, -0.25) is 4.79 Å². The number of hydrogen-bond acceptors (Lipinski definition) is 3. The van der Waals surface area contributed by atoms with Crippen LogP contribution in [0.1, 0.15) is 27.0 Å².